The van der Waals surface area contributed by atoms with Gasteiger partial charge in [0, 0.05) is 37.4 Å². The predicted molar refractivity (Wildman–Crippen MR) is 114 cm³/mol. The van der Waals surface area contributed by atoms with Gasteiger partial charge in [0.1, 0.15) is 4.87 Å². The van der Waals surface area contributed by atoms with Gasteiger partial charge in [-0.2, -0.15) is 4.31 Å². The van der Waals surface area contributed by atoms with Crippen LogP contribution in [0.2, 0.25) is 0 Å². The van der Waals surface area contributed by atoms with Crippen molar-refractivity contribution in [3.8, 4) is 0 Å². The monoisotopic (exact) mass is 424 g/mol. The van der Waals surface area contributed by atoms with Gasteiger partial charge in [0.2, 0.25) is 10.0 Å². The largest absolute Gasteiger partial charge is 0.348 e. The Labute approximate surface area is 172 Å². The molecule has 1 aromatic rings. The van der Waals surface area contributed by atoms with E-state index in [1.807, 2.05) is 37.3 Å². The first-order chi connectivity index (χ1) is 13.3. The van der Waals surface area contributed by atoms with Crippen LogP contribution in [-0.4, -0.2) is 54.4 Å². The van der Waals surface area contributed by atoms with Crippen LogP contribution in [0, 0.1) is 0 Å². The van der Waals surface area contributed by atoms with Gasteiger partial charge in [0.15, 0.2) is 6.04 Å². The van der Waals surface area contributed by atoms with Crippen molar-refractivity contribution in [2.45, 2.75) is 50.1 Å². The van der Waals surface area contributed by atoms with E-state index in [1.54, 1.807) is 22.1 Å². The van der Waals surface area contributed by atoms with Crippen LogP contribution >= 0.6 is 11.8 Å². The van der Waals surface area contributed by atoms with Crippen molar-refractivity contribution in [3.63, 3.8) is 0 Å². The third-order valence-corrected chi connectivity index (χ3v) is 8.76. The molecule has 1 amide bonds. The zero-order valence-electron chi connectivity index (χ0n) is 16.5. The average Bonchev–Trinajstić information content (AvgIpc) is 3.11. The zero-order valence-corrected chi connectivity index (χ0v) is 18.1. The molecule has 0 unspecified atom stereocenters. The molecule has 0 bridgehead atoms. The van der Waals surface area contributed by atoms with Gasteiger partial charge in [-0.3, -0.25) is 4.79 Å². The first-order valence-electron chi connectivity index (χ1n) is 9.87. The Bertz CT molecular complexity index is 803. The van der Waals surface area contributed by atoms with E-state index in [-0.39, 0.29) is 22.9 Å². The minimum Gasteiger partial charge on any atom is -0.348 e. The van der Waals surface area contributed by atoms with Crippen LogP contribution < -0.4 is 10.6 Å². The summed E-state index contributed by atoms with van der Waals surface area (Å²) in [5.74, 6) is 0.878. The smallest absolute Gasteiger partial charge is 0.279 e. The first-order valence-corrected chi connectivity index (χ1v) is 12.4. The summed E-state index contributed by atoms with van der Waals surface area (Å²) >= 11 is 1.80. The van der Waals surface area contributed by atoms with Gasteiger partial charge in [-0.25, -0.2) is 8.42 Å². The Morgan fingerprint density at radius 2 is 2.04 bits per heavy atom. The zero-order chi connectivity index (χ0) is 20.2. The van der Waals surface area contributed by atoms with Crippen LogP contribution in [0.25, 0.3) is 6.08 Å². The Morgan fingerprint density at radius 3 is 2.68 bits per heavy atom. The summed E-state index contributed by atoms with van der Waals surface area (Å²) in [4.78, 5) is 12.3. The maximum atomic E-state index is 12.6. The van der Waals surface area contributed by atoms with E-state index in [4.69, 9.17) is 0 Å². The van der Waals surface area contributed by atoms with Crippen LogP contribution in [0.5, 0.6) is 0 Å². The van der Waals surface area contributed by atoms with Gasteiger partial charge in [0.25, 0.3) is 5.91 Å². The molecule has 1 aromatic carbocycles. The molecule has 2 aliphatic heterocycles. The highest BCUT2D eigenvalue weighted by Gasteiger charge is 2.49. The number of carbonyl (C=O) groups excluding carboxylic acids is 1. The number of piperidine rings is 1. The van der Waals surface area contributed by atoms with Crippen molar-refractivity contribution in [3.05, 3.63) is 41.3 Å². The van der Waals surface area contributed by atoms with Crippen molar-refractivity contribution in [1.29, 1.82) is 0 Å². The fraction of sp³-hybridized carbons (Fsp3) is 0.550. The van der Waals surface area contributed by atoms with Gasteiger partial charge in [-0.1, -0.05) is 49.0 Å². The number of quaternary nitrogens is 1. The van der Waals surface area contributed by atoms with Gasteiger partial charge in [-0.05, 0) is 25.0 Å². The number of carbonyl (C=O) groups is 1. The van der Waals surface area contributed by atoms with E-state index in [0.29, 0.717) is 13.1 Å². The number of amides is 1. The number of hydrogen-bond acceptors (Lipinski definition) is 4. The molecule has 0 aliphatic carbocycles. The van der Waals surface area contributed by atoms with Gasteiger partial charge in [0.05, 0.1) is 5.75 Å². The third kappa shape index (κ3) is 5.17. The lowest BCUT2D eigenvalue weighted by atomic mass is 10.0. The lowest BCUT2D eigenvalue weighted by Crippen LogP contribution is -3.00. The summed E-state index contributed by atoms with van der Waals surface area (Å²) in [5.41, 5.74) is 0.870. The Kier molecular flexibility index (Phi) is 6.85. The second-order valence-electron chi connectivity index (χ2n) is 7.62. The lowest BCUT2D eigenvalue weighted by Gasteiger charge is -2.35. The van der Waals surface area contributed by atoms with Gasteiger partial charge >= 0.3 is 0 Å². The summed E-state index contributed by atoms with van der Waals surface area (Å²) in [5, 5.41) is 6.53. The molecule has 2 heterocycles. The summed E-state index contributed by atoms with van der Waals surface area (Å²) in [6.45, 7) is 5.05. The first kappa shape index (κ1) is 21.4. The fourth-order valence-corrected chi connectivity index (χ4v) is 6.25. The molecule has 0 saturated carbocycles. The SMILES string of the molecule is CC[C@H](C)NC(=O)[C@@H]1CSC2(CCN(S(=O)(=O)/C=C/c3ccccc3)CC2)[NH2+]1. The molecule has 6 nitrogen and oxygen atoms in total. The molecule has 1 spiro atoms. The highest BCUT2D eigenvalue weighted by molar-refractivity contribution is 8.00. The molecule has 3 N–H and O–H groups in total. The Hall–Kier alpha value is -1.35. The molecule has 2 aliphatic rings. The predicted octanol–water partition coefficient (Wildman–Crippen LogP) is 1.37. The highest BCUT2D eigenvalue weighted by atomic mass is 32.2. The van der Waals surface area contributed by atoms with Crippen LogP contribution in [0.15, 0.2) is 35.7 Å². The van der Waals surface area contributed by atoms with Crippen LogP contribution in [-0.2, 0) is 14.8 Å². The fourth-order valence-electron chi connectivity index (χ4n) is 3.57. The molecule has 0 radical (unpaired) electrons. The van der Waals surface area contributed by atoms with E-state index >= 15 is 0 Å². The molecule has 2 atom stereocenters. The van der Waals surface area contributed by atoms with E-state index < -0.39 is 10.0 Å². The van der Waals surface area contributed by atoms with Crippen LogP contribution in [0.3, 0.4) is 0 Å². The van der Waals surface area contributed by atoms with Crippen LogP contribution in [0.4, 0.5) is 0 Å². The minimum atomic E-state index is -3.43. The van der Waals surface area contributed by atoms with E-state index in [0.717, 1.165) is 30.6 Å². The molecule has 0 aromatic heterocycles. The molecular formula is C20H30N3O3S2+. The number of nitrogens with two attached hydrogens (primary N) is 1. The summed E-state index contributed by atoms with van der Waals surface area (Å²) in [6, 6.07) is 9.54. The molecule has 154 valence electrons. The number of nitrogens with one attached hydrogen (secondary N) is 1. The number of thioether (sulfide) groups is 1. The molecule has 8 heteroatoms. The Balaban J connectivity index is 1.55. The van der Waals surface area contributed by atoms with Crippen molar-refractivity contribution in [2.75, 3.05) is 18.8 Å². The van der Waals surface area contributed by atoms with Crippen molar-refractivity contribution >= 4 is 33.8 Å². The third-order valence-electron chi connectivity index (χ3n) is 5.55. The topological polar surface area (TPSA) is 83.1 Å². The molecule has 3 rings (SSSR count). The maximum absolute atomic E-state index is 12.6. The number of sulfonamides is 1. The van der Waals surface area contributed by atoms with E-state index in [1.165, 1.54) is 5.41 Å². The van der Waals surface area contributed by atoms with Crippen LogP contribution in [0.1, 0.15) is 38.7 Å². The molecular weight excluding hydrogens is 394 g/mol. The molecule has 2 fully saturated rings. The summed E-state index contributed by atoms with van der Waals surface area (Å²) in [7, 11) is -3.43. The van der Waals surface area contributed by atoms with Gasteiger partial charge < -0.3 is 10.6 Å². The van der Waals surface area contributed by atoms with Crippen molar-refractivity contribution in [2.24, 2.45) is 0 Å². The minimum absolute atomic E-state index is 0.0768. The summed E-state index contributed by atoms with van der Waals surface area (Å²) < 4.78 is 26.8. The number of benzene rings is 1. The molecule has 2 saturated heterocycles. The average molecular weight is 425 g/mol. The number of rotatable bonds is 6. The normalized spacial score (nSPS) is 23.9. The lowest BCUT2D eigenvalue weighted by molar-refractivity contribution is -0.714. The second-order valence-corrected chi connectivity index (χ2v) is 10.9. The number of hydrogen-bond donors (Lipinski definition) is 2. The van der Waals surface area contributed by atoms with Crippen molar-refractivity contribution < 1.29 is 18.5 Å². The quantitative estimate of drug-likeness (QED) is 0.723. The summed E-state index contributed by atoms with van der Waals surface area (Å²) in [6.07, 6.45) is 4.07. The van der Waals surface area contributed by atoms with Gasteiger partial charge in [-0.15, -0.1) is 0 Å². The highest BCUT2D eigenvalue weighted by Crippen LogP contribution is 2.34. The Morgan fingerprint density at radius 1 is 1.36 bits per heavy atom. The number of nitrogens with zero attached hydrogens (tertiary/aromatic N) is 1. The van der Waals surface area contributed by atoms with Crippen molar-refractivity contribution in [1.82, 2.24) is 9.62 Å². The van der Waals surface area contributed by atoms with E-state index in [9.17, 15) is 13.2 Å². The standard InChI is InChI=1S/C20H29N3O3S2/c1-3-16(2)21-19(24)18-15-27-20(22-18)10-12-23(13-11-20)28(25,26)14-9-17-7-5-4-6-8-17/h4-9,14,16,18,22H,3,10-13,15H2,1-2H3,(H,21,24)/p+1/b14-9+/t16-,18-/m0/s1. The van der Waals surface area contributed by atoms with E-state index in [2.05, 4.69) is 17.6 Å². The molecule has 28 heavy (non-hydrogen) atoms. The maximum Gasteiger partial charge on any atom is 0.279 e. The second kappa shape index (κ2) is 8.98.